The molecule has 0 unspecified atom stereocenters. The molecule has 0 saturated heterocycles. The van der Waals surface area contributed by atoms with Crippen molar-refractivity contribution in [2.45, 2.75) is 13.5 Å². The molecule has 0 bridgehead atoms. The Kier molecular flexibility index (Phi) is 4.79. The van der Waals surface area contributed by atoms with Gasteiger partial charge in [-0.05, 0) is 42.8 Å². The molecule has 0 heterocycles. The normalized spacial score (nSPS) is 10.2. The summed E-state index contributed by atoms with van der Waals surface area (Å²) in [6.07, 6.45) is 0. The van der Waals surface area contributed by atoms with Gasteiger partial charge in [0, 0.05) is 0 Å². The van der Waals surface area contributed by atoms with Crippen LogP contribution in [0.5, 0.6) is 11.5 Å². The lowest BCUT2D eigenvalue weighted by molar-refractivity contribution is 0.0526. The Bertz CT molecular complexity index is 623. The van der Waals surface area contributed by atoms with Crippen molar-refractivity contribution in [2.75, 3.05) is 12.3 Å². The number of carbonyl (C=O) groups is 1. The van der Waals surface area contributed by atoms with E-state index >= 15 is 0 Å². The van der Waals surface area contributed by atoms with E-state index in [0.29, 0.717) is 29.4 Å². The van der Waals surface area contributed by atoms with Crippen LogP contribution in [0.3, 0.4) is 0 Å². The summed E-state index contributed by atoms with van der Waals surface area (Å²) in [5.41, 5.74) is 7.43. The number of rotatable bonds is 5. The van der Waals surface area contributed by atoms with Gasteiger partial charge in [-0.15, -0.1) is 0 Å². The number of hydrogen-bond acceptors (Lipinski definition) is 5. The standard InChI is InChI=1S/C16H17NO4/c1-2-20-16(19)12-5-8-15(14(17)9-12)21-13-6-3-11(10-18)4-7-13/h3-9,18H,2,10,17H2,1H3. The van der Waals surface area contributed by atoms with Gasteiger partial charge in [0.2, 0.25) is 0 Å². The smallest absolute Gasteiger partial charge is 0.338 e. The van der Waals surface area contributed by atoms with Crippen molar-refractivity contribution in [3.05, 3.63) is 53.6 Å². The van der Waals surface area contributed by atoms with Crippen LogP contribution >= 0.6 is 0 Å². The van der Waals surface area contributed by atoms with Crippen LogP contribution in [0.4, 0.5) is 5.69 Å². The van der Waals surface area contributed by atoms with Gasteiger partial charge in [-0.25, -0.2) is 4.79 Å². The Labute approximate surface area is 122 Å². The number of benzene rings is 2. The fourth-order valence-electron chi connectivity index (χ4n) is 1.77. The molecule has 21 heavy (non-hydrogen) atoms. The Morgan fingerprint density at radius 3 is 2.48 bits per heavy atom. The Hall–Kier alpha value is -2.53. The van der Waals surface area contributed by atoms with Crippen LogP contribution in [0.2, 0.25) is 0 Å². The zero-order valence-electron chi connectivity index (χ0n) is 11.7. The molecule has 0 saturated carbocycles. The van der Waals surface area contributed by atoms with Crippen LogP contribution in [0.25, 0.3) is 0 Å². The first kappa shape index (κ1) is 14.9. The van der Waals surface area contributed by atoms with E-state index in [1.165, 1.54) is 6.07 Å². The van der Waals surface area contributed by atoms with E-state index < -0.39 is 5.97 Å². The highest BCUT2D eigenvalue weighted by Crippen LogP contribution is 2.28. The molecule has 2 aromatic carbocycles. The Balaban J connectivity index is 2.15. The van der Waals surface area contributed by atoms with E-state index in [9.17, 15) is 4.79 Å². The number of esters is 1. The minimum absolute atomic E-state index is 0.0172. The third-order valence-corrected chi connectivity index (χ3v) is 2.85. The maximum Gasteiger partial charge on any atom is 0.338 e. The fraction of sp³-hybridized carbons (Fsp3) is 0.188. The van der Waals surface area contributed by atoms with Gasteiger partial charge in [0.15, 0.2) is 0 Å². The van der Waals surface area contributed by atoms with Crippen LogP contribution in [0.15, 0.2) is 42.5 Å². The molecule has 0 aromatic heterocycles. The molecule has 3 N–H and O–H groups in total. The van der Waals surface area contributed by atoms with Crippen LogP contribution in [0.1, 0.15) is 22.8 Å². The van der Waals surface area contributed by atoms with Gasteiger partial charge in [0.25, 0.3) is 0 Å². The maximum atomic E-state index is 11.6. The number of carbonyl (C=O) groups excluding carboxylic acids is 1. The van der Waals surface area contributed by atoms with Crippen LogP contribution in [-0.4, -0.2) is 17.7 Å². The molecular formula is C16H17NO4. The van der Waals surface area contributed by atoms with Gasteiger partial charge in [-0.3, -0.25) is 0 Å². The second-order valence-electron chi connectivity index (χ2n) is 4.38. The molecule has 0 aliphatic rings. The Morgan fingerprint density at radius 1 is 1.19 bits per heavy atom. The van der Waals surface area contributed by atoms with E-state index in [2.05, 4.69) is 0 Å². The van der Waals surface area contributed by atoms with Crippen molar-refractivity contribution >= 4 is 11.7 Å². The van der Waals surface area contributed by atoms with Crippen molar-refractivity contribution in [1.29, 1.82) is 0 Å². The molecule has 0 atom stereocenters. The van der Waals surface area contributed by atoms with Crippen LogP contribution in [-0.2, 0) is 11.3 Å². The SMILES string of the molecule is CCOC(=O)c1ccc(Oc2ccc(CO)cc2)c(N)c1. The molecule has 2 rings (SSSR count). The third kappa shape index (κ3) is 3.73. The van der Waals surface area contributed by atoms with Crippen molar-refractivity contribution < 1.29 is 19.4 Å². The number of nitrogens with two attached hydrogens (primary N) is 1. The third-order valence-electron chi connectivity index (χ3n) is 2.85. The summed E-state index contributed by atoms with van der Waals surface area (Å²) in [6, 6.07) is 11.8. The van der Waals surface area contributed by atoms with Crippen molar-refractivity contribution in [2.24, 2.45) is 0 Å². The zero-order valence-corrected chi connectivity index (χ0v) is 11.7. The molecule has 5 nitrogen and oxygen atoms in total. The number of anilines is 1. The van der Waals surface area contributed by atoms with E-state index in [-0.39, 0.29) is 6.61 Å². The maximum absolute atomic E-state index is 11.6. The monoisotopic (exact) mass is 287 g/mol. The zero-order chi connectivity index (χ0) is 15.2. The second kappa shape index (κ2) is 6.76. The number of aliphatic hydroxyl groups is 1. The number of ether oxygens (including phenoxy) is 2. The molecule has 0 fully saturated rings. The molecule has 2 aromatic rings. The number of aliphatic hydroxyl groups excluding tert-OH is 1. The van der Waals surface area contributed by atoms with E-state index in [1.807, 2.05) is 0 Å². The average molecular weight is 287 g/mol. The van der Waals surface area contributed by atoms with Crippen molar-refractivity contribution in [3.63, 3.8) is 0 Å². The first-order valence-corrected chi connectivity index (χ1v) is 6.58. The van der Waals surface area contributed by atoms with Gasteiger partial charge in [0.05, 0.1) is 24.5 Å². The van der Waals surface area contributed by atoms with Gasteiger partial charge in [-0.2, -0.15) is 0 Å². The lowest BCUT2D eigenvalue weighted by Crippen LogP contribution is -2.05. The molecule has 0 amide bonds. The van der Waals surface area contributed by atoms with E-state index in [1.54, 1.807) is 43.3 Å². The highest BCUT2D eigenvalue weighted by molar-refractivity contribution is 5.91. The van der Waals surface area contributed by atoms with Gasteiger partial charge >= 0.3 is 5.97 Å². The first-order chi connectivity index (χ1) is 10.1. The lowest BCUT2D eigenvalue weighted by Gasteiger charge is -2.10. The minimum atomic E-state index is -0.414. The van der Waals surface area contributed by atoms with Crippen molar-refractivity contribution in [3.8, 4) is 11.5 Å². The summed E-state index contributed by atoms with van der Waals surface area (Å²) in [4.78, 5) is 11.6. The Morgan fingerprint density at radius 2 is 1.90 bits per heavy atom. The molecule has 0 aliphatic carbocycles. The molecule has 0 spiro atoms. The molecule has 5 heteroatoms. The minimum Gasteiger partial charge on any atom is -0.462 e. The van der Waals surface area contributed by atoms with Gasteiger partial charge < -0.3 is 20.3 Å². The average Bonchev–Trinajstić information content (AvgIpc) is 2.50. The summed E-state index contributed by atoms with van der Waals surface area (Å²) in [6.45, 7) is 2.04. The molecule has 110 valence electrons. The number of nitrogen functional groups attached to an aromatic ring is 1. The summed E-state index contributed by atoms with van der Waals surface area (Å²) < 4.78 is 10.6. The predicted octanol–water partition coefficient (Wildman–Crippen LogP) is 2.73. The first-order valence-electron chi connectivity index (χ1n) is 6.58. The van der Waals surface area contributed by atoms with Gasteiger partial charge in [0.1, 0.15) is 11.5 Å². The predicted molar refractivity (Wildman–Crippen MR) is 79.2 cm³/mol. The molecule has 0 aliphatic heterocycles. The topological polar surface area (TPSA) is 81.8 Å². The van der Waals surface area contributed by atoms with E-state index in [0.717, 1.165) is 5.56 Å². The second-order valence-corrected chi connectivity index (χ2v) is 4.38. The van der Waals surface area contributed by atoms with Crippen LogP contribution in [0, 0.1) is 0 Å². The van der Waals surface area contributed by atoms with Crippen molar-refractivity contribution in [1.82, 2.24) is 0 Å². The highest BCUT2D eigenvalue weighted by atomic mass is 16.5. The summed E-state index contributed by atoms with van der Waals surface area (Å²) in [7, 11) is 0. The summed E-state index contributed by atoms with van der Waals surface area (Å²) in [5.74, 6) is 0.644. The fourth-order valence-corrected chi connectivity index (χ4v) is 1.77. The summed E-state index contributed by atoms with van der Waals surface area (Å²) >= 11 is 0. The van der Waals surface area contributed by atoms with E-state index in [4.69, 9.17) is 20.3 Å². The van der Waals surface area contributed by atoms with Crippen LogP contribution < -0.4 is 10.5 Å². The molecular weight excluding hydrogens is 270 g/mol. The molecule has 0 radical (unpaired) electrons. The number of hydrogen-bond donors (Lipinski definition) is 2. The van der Waals surface area contributed by atoms with Gasteiger partial charge in [-0.1, -0.05) is 12.1 Å². The lowest BCUT2D eigenvalue weighted by atomic mass is 10.2. The highest BCUT2D eigenvalue weighted by Gasteiger charge is 2.10. The quantitative estimate of drug-likeness (QED) is 0.652. The largest absolute Gasteiger partial charge is 0.462 e. The summed E-state index contributed by atoms with van der Waals surface area (Å²) in [5, 5.41) is 8.98.